The molecule has 0 radical (unpaired) electrons. The second-order valence-corrected chi connectivity index (χ2v) is 2.00. The lowest BCUT2D eigenvalue weighted by Crippen LogP contribution is -1.87. The first kappa shape index (κ1) is 10.3. The van der Waals surface area contributed by atoms with Gasteiger partial charge in [-0.05, 0) is 18.2 Å². The van der Waals surface area contributed by atoms with E-state index in [4.69, 9.17) is 16.3 Å². The van der Waals surface area contributed by atoms with Gasteiger partial charge in [0.1, 0.15) is 0 Å². The summed E-state index contributed by atoms with van der Waals surface area (Å²) in [5.74, 6) is 0. The second-order valence-electron chi connectivity index (χ2n) is 2.00. The van der Waals surface area contributed by atoms with Crippen molar-refractivity contribution in [3.63, 3.8) is 0 Å². The van der Waals surface area contributed by atoms with Crippen LogP contribution in [0.5, 0.6) is 0 Å². The van der Waals surface area contributed by atoms with Crippen LogP contribution in [0.25, 0.3) is 0 Å². The third kappa shape index (κ3) is 5.10. The molecule has 0 aliphatic carbocycles. The number of carbonyl (C=O) groups is 1. The predicted molar refractivity (Wildman–Crippen MR) is 48.3 cm³/mol. The van der Waals surface area contributed by atoms with Crippen LogP contribution >= 0.6 is 0 Å². The first-order valence-electron chi connectivity index (χ1n) is 3.28. The number of nitrogen functional groups attached to an aromatic ring is 2. The normalized spacial score (nSPS) is 7.75. The van der Waals surface area contributed by atoms with E-state index in [9.17, 15) is 0 Å². The molecule has 0 saturated heterocycles. The van der Waals surface area contributed by atoms with Crippen molar-refractivity contribution < 1.29 is 9.53 Å². The largest absolute Gasteiger partial charge is 0.471 e. The standard InChI is InChI=1S/C6H8N2.C2H4O2/c7-5-2-1-3-6(8)4-5;1-4-2-3/h1-4H,7-8H2;2H,1H3. The number of hydrogen-bond donors (Lipinski definition) is 2. The second kappa shape index (κ2) is 6.03. The van der Waals surface area contributed by atoms with Crippen molar-refractivity contribution in [3.8, 4) is 0 Å². The lowest BCUT2D eigenvalue weighted by atomic mass is 10.3. The molecule has 1 aromatic carbocycles. The molecular formula is C8H12N2O2. The van der Waals surface area contributed by atoms with Gasteiger partial charge in [-0.2, -0.15) is 0 Å². The van der Waals surface area contributed by atoms with Gasteiger partial charge in [-0.25, -0.2) is 0 Å². The van der Waals surface area contributed by atoms with Crippen LogP contribution in [-0.2, 0) is 9.53 Å². The summed E-state index contributed by atoms with van der Waals surface area (Å²) >= 11 is 0. The van der Waals surface area contributed by atoms with Crippen LogP contribution in [0.4, 0.5) is 11.4 Å². The van der Waals surface area contributed by atoms with Gasteiger partial charge in [0.05, 0.1) is 7.11 Å². The first-order valence-corrected chi connectivity index (χ1v) is 3.28. The van der Waals surface area contributed by atoms with Gasteiger partial charge in [0, 0.05) is 11.4 Å². The molecular weight excluding hydrogens is 156 g/mol. The molecule has 12 heavy (non-hydrogen) atoms. The smallest absolute Gasteiger partial charge is 0.292 e. The Morgan fingerprint density at radius 1 is 1.33 bits per heavy atom. The molecule has 4 N–H and O–H groups in total. The highest BCUT2D eigenvalue weighted by Gasteiger charge is 1.81. The van der Waals surface area contributed by atoms with Crippen molar-refractivity contribution in [2.45, 2.75) is 0 Å². The Hall–Kier alpha value is -1.71. The summed E-state index contributed by atoms with van der Waals surface area (Å²) in [5, 5.41) is 0. The van der Waals surface area contributed by atoms with Gasteiger partial charge in [0.2, 0.25) is 0 Å². The van der Waals surface area contributed by atoms with Gasteiger partial charge in [-0.1, -0.05) is 6.07 Å². The zero-order valence-corrected chi connectivity index (χ0v) is 6.86. The number of nitrogens with two attached hydrogens (primary N) is 2. The zero-order valence-electron chi connectivity index (χ0n) is 6.86. The van der Waals surface area contributed by atoms with Gasteiger partial charge in [-0.3, -0.25) is 4.79 Å². The Kier molecular flexibility index (Phi) is 5.17. The SMILES string of the molecule is COC=O.Nc1cccc(N)c1. The molecule has 0 aromatic heterocycles. The van der Waals surface area contributed by atoms with Crippen LogP contribution in [0.1, 0.15) is 0 Å². The van der Waals surface area contributed by atoms with E-state index in [1.165, 1.54) is 7.11 Å². The highest BCUT2D eigenvalue weighted by Crippen LogP contribution is 2.06. The number of benzene rings is 1. The summed E-state index contributed by atoms with van der Waals surface area (Å²) in [4.78, 5) is 8.95. The number of rotatable bonds is 1. The summed E-state index contributed by atoms with van der Waals surface area (Å²) in [7, 11) is 1.31. The third-order valence-corrected chi connectivity index (χ3v) is 1.01. The van der Waals surface area contributed by atoms with Crippen LogP contribution in [0.3, 0.4) is 0 Å². The van der Waals surface area contributed by atoms with E-state index in [1.807, 2.05) is 6.07 Å². The van der Waals surface area contributed by atoms with Crippen molar-refractivity contribution >= 4 is 17.8 Å². The monoisotopic (exact) mass is 168 g/mol. The quantitative estimate of drug-likeness (QED) is 0.476. The van der Waals surface area contributed by atoms with Gasteiger partial charge >= 0.3 is 0 Å². The maximum atomic E-state index is 8.95. The van der Waals surface area contributed by atoms with E-state index in [-0.39, 0.29) is 0 Å². The van der Waals surface area contributed by atoms with Crippen molar-refractivity contribution in [3.05, 3.63) is 24.3 Å². The minimum absolute atomic E-state index is 0.375. The van der Waals surface area contributed by atoms with Crippen molar-refractivity contribution in [1.29, 1.82) is 0 Å². The fourth-order valence-electron chi connectivity index (χ4n) is 0.559. The molecule has 0 saturated carbocycles. The lowest BCUT2D eigenvalue weighted by Gasteiger charge is -1.91. The summed E-state index contributed by atoms with van der Waals surface area (Å²) in [5.41, 5.74) is 12.2. The van der Waals surface area contributed by atoms with Crippen LogP contribution in [0.2, 0.25) is 0 Å². The molecule has 0 spiro atoms. The van der Waals surface area contributed by atoms with E-state index in [0.29, 0.717) is 17.8 Å². The molecule has 66 valence electrons. The van der Waals surface area contributed by atoms with E-state index in [0.717, 1.165) is 0 Å². The van der Waals surface area contributed by atoms with E-state index >= 15 is 0 Å². The summed E-state index contributed by atoms with van der Waals surface area (Å²) in [6.45, 7) is 0.375. The first-order chi connectivity index (χ1) is 5.70. The number of anilines is 2. The maximum Gasteiger partial charge on any atom is 0.292 e. The zero-order chi connectivity index (χ0) is 9.40. The van der Waals surface area contributed by atoms with Crippen molar-refractivity contribution in [2.24, 2.45) is 0 Å². The predicted octanol–water partition coefficient (Wildman–Crippen LogP) is 0.640. The minimum atomic E-state index is 0.375. The fourth-order valence-corrected chi connectivity index (χ4v) is 0.559. The summed E-state index contributed by atoms with van der Waals surface area (Å²) in [6, 6.07) is 7.15. The van der Waals surface area contributed by atoms with Crippen LogP contribution in [-0.4, -0.2) is 13.6 Å². The molecule has 4 nitrogen and oxygen atoms in total. The Morgan fingerprint density at radius 2 is 1.75 bits per heavy atom. The number of ether oxygens (including phenoxy) is 1. The Labute approximate surface area is 71.1 Å². The Morgan fingerprint density at radius 3 is 1.92 bits per heavy atom. The molecule has 0 aliphatic rings. The molecule has 0 heterocycles. The van der Waals surface area contributed by atoms with Crippen LogP contribution < -0.4 is 11.5 Å². The molecule has 0 amide bonds. The van der Waals surface area contributed by atoms with E-state index in [2.05, 4.69) is 4.74 Å². The maximum absolute atomic E-state index is 8.95. The van der Waals surface area contributed by atoms with Gasteiger partial charge in [-0.15, -0.1) is 0 Å². The average Bonchev–Trinajstić information content (AvgIpc) is 2.04. The molecule has 0 atom stereocenters. The molecule has 0 fully saturated rings. The highest BCUT2D eigenvalue weighted by molar-refractivity contribution is 5.50. The van der Waals surface area contributed by atoms with Gasteiger partial charge in [0.15, 0.2) is 0 Å². The third-order valence-electron chi connectivity index (χ3n) is 1.01. The molecule has 4 heteroatoms. The van der Waals surface area contributed by atoms with E-state index < -0.39 is 0 Å². The van der Waals surface area contributed by atoms with Crippen molar-refractivity contribution in [2.75, 3.05) is 18.6 Å². The number of hydrogen-bond acceptors (Lipinski definition) is 4. The minimum Gasteiger partial charge on any atom is -0.471 e. The van der Waals surface area contributed by atoms with Gasteiger partial charge in [0.25, 0.3) is 6.47 Å². The fraction of sp³-hybridized carbons (Fsp3) is 0.125. The Bertz CT molecular complexity index is 221. The average molecular weight is 168 g/mol. The molecule has 0 unspecified atom stereocenters. The molecule has 1 rings (SSSR count). The molecule has 0 aliphatic heterocycles. The molecule has 0 bridgehead atoms. The summed E-state index contributed by atoms with van der Waals surface area (Å²) in [6.07, 6.45) is 0. The Balaban J connectivity index is 0.000000261. The van der Waals surface area contributed by atoms with Crippen LogP contribution in [0, 0.1) is 0 Å². The highest BCUT2D eigenvalue weighted by atomic mass is 16.5. The van der Waals surface area contributed by atoms with Gasteiger partial charge < -0.3 is 16.2 Å². The number of carbonyl (C=O) groups excluding carboxylic acids is 1. The van der Waals surface area contributed by atoms with Crippen LogP contribution in [0.15, 0.2) is 24.3 Å². The van der Waals surface area contributed by atoms with Crippen molar-refractivity contribution in [1.82, 2.24) is 0 Å². The lowest BCUT2D eigenvalue weighted by molar-refractivity contribution is -0.126. The number of methoxy groups -OCH3 is 1. The topological polar surface area (TPSA) is 78.3 Å². The molecule has 1 aromatic rings. The van der Waals surface area contributed by atoms with E-state index in [1.54, 1.807) is 18.2 Å². The summed E-state index contributed by atoms with van der Waals surface area (Å²) < 4.78 is 3.86.